The van der Waals surface area contributed by atoms with Crippen LogP contribution in [0.1, 0.15) is 52.1 Å². The lowest BCUT2D eigenvalue weighted by molar-refractivity contribution is 0.248. The van der Waals surface area contributed by atoms with Crippen molar-refractivity contribution in [3.8, 4) is 5.75 Å². The zero-order valence-electron chi connectivity index (χ0n) is 18.4. The molecule has 2 aromatic heterocycles. The van der Waals surface area contributed by atoms with Crippen molar-refractivity contribution in [3.05, 3.63) is 35.1 Å². The largest absolute Gasteiger partial charge is 0.508 e. The maximum Gasteiger partial charge on any atom is 0.227 e. The third-order valence-corrected chi connectivity index (χ3v) is 5.80. The fraction of sp³-hybridized carbons (Fsp3) is 0.500. The van der Waals surface area contributed by atoms with Crippen LogP contribution in [0.25, 0.3) is 11.2 Å². The molecule has 3 aromatic rings. The summed E-state index contributed by atoms with van der Waals surface area (Å²) in [4.78, 5) is 13.9. The minimum absolute atomic E-state index is 0.0238. The van der Waals surface area contributed by atoms with E-state index in [0.717, 1.165) is 18.5 Å². The summed E-state index contributed by atoms with van der Waals surface area (Å²) in [5.41, 5.74) is 2.04. The van der Waals surface area contributed by atoms with Crippen molar-refractivity contribution in [1.29, 1.82) is 0 Å². The number of benzene rings is 1. The van der Waals surface area contributed by atoms with E-state index in [9.17, 15) is 10.2 Å². The molecular weight excluding hydrogens is 416 g/mol. The van der Waals surface area contributed by atoms with E-state index in [4.69, 9.17) is 16.6 Å². The normalized spacial score (nSPS) is 12.6. The van der Waals surface area contributed by atoms with Gasteiger partial charge in [-0.2, -0.15) is 9.97 Å². The van der Waals surface area contributed by atoms with Crippen LogP contribution >= 0.6 is 11.6 Å². The van der Waals surface area contributed by atoms with Crippen molar-refractivity contribution < 1.29 is 10.2 Å². The predicted molar refractivity (Wildman–Crippen MR) is 125 cm³/mol. The monoisotopic (exact) mass is 446 g/mol. The van der Waals surface area contributed by atoms with E-state index < -0.39 is 0 Å². The zero-order chi connectivity index (χ0) is 22.5. The number of aromatic hydroxyl groups is 1. The molecule has 0 saturated carbocycles. The third-order valence-electron chi connectivity index (χ3n) is 5.56. The standard InChI is InChI=1S/C22H31ClN6O2/c1-5-16(6-2)29-12-25-19-20(24-10-14-9-15(23)7-8-18(14)31)27-22(28-21(19)29)26-17(11-30)13(3)4/h7-9,12-13,16-17,30-31H,5-6,10-11H2,1-4H3,(H2,24,26,27,28). The molecule has 0 aliphatic carbocycles. The molecule has 2 heterocycles. The molecule has 0 spiro atoms. The summed E-state index contributed by atoms with van der Waals surface area (Å²) in [7, 11) is 0. The van der Waals surface area contributed by atoms with Crippen molar-refractivity contribution in [2.45, 2.75) is 59.2 Å². The fourth-order valence-corrected chi connectivity index (χ4v) is 3.71. The van der Waals surface area contributed by atoms with E-state index in [0.29, 0.717) is 34.4 Å². The first-order valence-electron chi connectivity index (χ1n) is 10.7. The second-order valence-electron chi connectivity index (χ2n) is 7.99. The Morgan fingerprint density at radius 1 is 1.16 bits per heavy atom. The van der Waals surface area contributed by atoms with E-state index in [1.54, 1.807) is 24.5 Å². The molecule has 1 atom stereocenters. The Bertz CT molecular complexity index is 1020. The van der Waals surface area contributed by atoms with Crippen LogP contribution in [0.4, 0.5) is 11.8 Å². The molecule has 0 fully saturated rings. The number of phenols is 1. The highest BCUT2D eigenvalue weighted by Gasteiger charge is 2.20. The van der Waals surface area contributed by atoms with Crippen LogP contribution in [0, 0.1) is 5.92 Å². The summed E-state index contributed by atoms with van der Waals surface area (Å²) in [6, 6.07) is 5.02. The number of anilines is 2. The van der Waals surface area contributed by atoms with Crippen LogP contribution in [0.5, 0.6) is 5.75 Å². The van der Waals surface area contributed by atoms with E-state index in [1.807, 2.05) is 13.8 Å². The first-order chi connectivity index (χ1) is 14.9. The lowest BCUT2D eigenvalue weighted by Gasteiger charge is -2.21. The summed E-state index contributed by atoms with van der Waals surface area (Å²) in [5.74, 6) is 1.33. The number of aliphatic hydroxyl groups is 1. The van der Waals surface area contributed by atoms with E-state index in [2.05, 4.69) is 39.0 Å². The van der Waals surface area contributed by atoms with Gasteiger partial charge in [-0.1, -0.05) is 39.3 Å². The Kier molecular flexibility index (Phi) is 7.56. The number of aliphatic hydroxyl groups excluding tert-OH is 1. The summed E-state index contributed by atoms with van der Waals surface area (Å²) >= 11 is 6.08. The number of imidazole rings is 1. The fourth-order valence-electron chi connectivity index (χ4n) is 3.52. The van der Waals surface area contributed by atoms with Gasteiger partial charge in [0.1, 0.15) is 5.75 Å². The molecule has 1 aromatic carbocycles. The van der Waals surface area contributed by atoms with Crippen LogP contribution < -0.4 is 10.6 Å². The van der Waals surface area contributed by atoms with E-state index in [-0.39, 0.29) is 30.4 Å². The molecule has 0 radical (unpaired) electrons. The van der Waals surface area contributed by atoms with Crippen molar-refractivity contribution in [1.82, 2.24) is 19.5 Å². The molecule has 31 heavy (non-hydrogen) atoms. The van der Waals surface area contributed by atoms with Gasteiger partial charge >= 0.3 is 0 Å². The van der Waals surface area contributed by atoms with Gasteiger partial charge in [0, 0.05) is 23.2 Å². The number of nitrogens with zero attached hydrogens (tertiary/aromatic N) is 4. The lowest BCUT2D eigenvalue weighted by Crippen LogP contribution is -2.30. The SMILES string of the molecule is CCC(CC)n1cnc2c(NCc3cc(Cl)ccc3O)nc(NC(CO)C(C)C)nc21. The average molecular weight is 447 g/mol. The number of nitrogens with one attached hydrogen (secondary N) is 2. The predicted octanol–water partition coefficient (Wildman–Crippen LogP) is 4.59. The number of fused-ring (bicyclic) bond motifs is 1. The molecule has 1 unspecified atom stereocenters. The maximum atomic E-state index is 10.1. The van der Waals surface area contributed by atoms with E-state index >= 15 is 0 Å². The van der Waals surface area contributed by atoms with Crippen LogP contribution in [0.3, 0.4) is 0 Å². The number of phenolic OH excluding ortho intramolecular Hbond substituents is 1. The number of hydrogen-bond donors (Lipinski definition) is 4. The number of halogens is 1. The van der Waals surface area contributed by atoms with Crippen LogP contribution in [0.2, 0.25) is 5.02 Å². The third kappa shape index (κ3) is 5.19. The Morgan fingerprint density at radius 2 is 1.90 bits per heavy atom. The molecule has 3 rings (SSSR count). The Hall–Kier alpha value is -2.58. The van der Waals surface area contributed by atoms with Gasteiger partial charge in [-0.05, 0) is 37.0 Å². The van der Waals surface area contributed by atoms with Gasteiger partial charge in [0.15, 0.2) is 17.0 Å². The summed E-state index contributed by atoms with van der Waals surface area (Å²) in [5, 5.41) is 26.9. The Morgan fingerprint density at radius 3 is 2.55 bits per heavy atom. The minimum Gasteiger partial charge on any atom is -0.508 e. The van der Waals surface area contributed by atoms with Gasteiger partial charge < -0.3 is 25.4 Å². The summed E-state index contributed by atoms with van der Waals surface area (Å²) < 4.78 is 2.08. The Balaban J connectivity index is 2.02. The molecule has 0 saturated heterocycles. The maximum absolute atomic E-state index is 10.1. The second kappa shape index (κ2) is 10.2. The highest BCUT2D eigenvalue weighted by Crippen LogP contribution is 2.28. The molecule has 168 valence electrons. The summed E-state index contributed by atoms with van der Waals surface area (Å²) in [6.07, 6.45) is 3.72. The number of rotatable bonds is 10. The topological polar surface area (TPSA) is 108 Å². The smallest absolute Gasteiger partial charge is 0.227 e. The zero-order valence-corrected chi connectivity index (χ0v) is 19.2. The molecule has 0 aliphatic rings. The van der Waals surface area contributed by atoms with Gasteiger partial charge in [-0.3, -0.25) is 0 Å². The van der Waals surface area contributed by atoms with Gasteiger partial charge in [0.05, 0.1) is 19.0 Å². The average Bonchev–Trinajstić information content (AvgIpc) is 3.17. The second-order valence-corrected chi connectivity index (χ2v) is 8.43. The van der Waals surface area contributed by atoms with Crippen molar-refractivity contribution in [2.75, 3.05) is 17.2 Å². The molecule has 0 bridgehead atoms. The van der Waals surface area contributed by atoms with Gasteiger partial charge in [-0.25, -0.2) is 4.98 Å². The van der Waals surface area contributed by atoms with Crippen LogP contribution in [-0.4, -0.2) is 42.4 Å². The molecule has 9 heteroatoms. The van der Waals surface area contributed by atoms with Crippen LogP contribution in [0.15, 0.2) is 24.5 Å². The van der Waals surface area contributed by atoms with Crippen molar-refractivity contribution >= 4 is 34.5 Å². The molecular formula is C22H31ClN6O2. The lowest BCUT2D eigenvalue weighted by atomic mass is 10.1. The highest BCUT2D eigenvalue weighted by molar-refractivity contribution is 6.30. The number of aromatic nitrogens is 4. The van der Waals surface area contributed by atoms with Gasteiger partial charge in [-0.15, -0.1) is 0 Å². The molecule has 4 N–H and O–H groups in total. The van der Waals surface area contributed by atoms with Crippen molar-refractivity contribution in [3.63, 3.8) is 0 Å². The quantitative estimate of drug-likeness (QED) is 0.360. The minimum atomic E-state index is -0.174. The van der Waals surface area contributed by atoms with Crippen LogP contribution in [-0.2, 0) is 6.54 Å². The summed E-state index contributed by atoms with van der Waals surface area (Å²) in [6.45, 7) is 8.64. The van der Waals surface area contributed by atoms with Crippen molar-refractivity contribution in [2.24, 2.45) is 5.92 Å². The molecule has 0 amide bonds. The first-order valence-corrected chi connectivity index (χ1v) is 11.1. The Labute approximate surface area is 187 Å². The first kappa shape index (κ1) is 23.1. The highest BCUT2D eigenvalue weighted by atomic mass is 35.5. The molecule has 8 nitrogen and oxygen atoms in total. The van der Waals surface area contributed by atoms with Gasteiger partial charge in [0.25, 0.3) is 0 Å². The van der Waals surface area contributed by atoms with E-state index in [1.165, 1.54) is 0 Å². The number of hydrogen-bond acceptors (Lipinski definition) is 7. The molecule has 0 aliphatic heterocycles. The van der Waals surface area contributed by atoms with Gasteiger partial charge in [0.2, 0.25) is 5.95 Å².